The maximum atomic E-state index is 12.1. The van der Waals surface area contributed by atoms with Gasteiger partial charge < -0.3 is 10.2 Å². The summed E-state index contributed by atoms with van der Waals surface area (Å²) in [6, 6.07) is 6.47. The second-order valence-corrected chi connectivity index (χ2v) is 5.40. The maximum absolute atomic E-state index is 12.1. The van der Waals surface area contributed by atoms with Gasteiger partial charge >= 0.3 is 5.51 Å². The lowest BCUT2D eigenvalue weighted by Crippen LogP contribution is -2.28. The van der Waals surface area contributed by atoms with E-state index in [1.54, 1.807) is 12.1 Å². The summed E-state index contributed by atoms with van der Waals surface area (Å²) in [5.41, 5.74) is -3.23. The van der Waals surface area contributed by atoms with Gasteiger partial charge in [-0.1, -0.05) is 19.1 Å². The van der Waals surface area contributed by atoms with Crippen LogP contribution >= 0.6 is 11.8 Å². The van der Waals surface area contributed by atoms with E-state index < -0.39 is 5.51 Å². The number of alkyl halides is 3. The van der Waals surface area contributed by atoms with Crippen LogP contribution in [0, 0.1) is 0 Å². The third kappa shape index (κ3) is 7.44. The Morgan fingerprint density at radius 3 is 2.37 bits per heavy atom. The van der Waals surface area contributed by atoms with Crippen molar-refractivity contribution < 1.29 is 13.2 Å². The van der Waals surface area contributed by atoms with E-state index in [1.165, 1.54) is 12.1 Å². The molecule has 1 N–H and O–H groups in total. The molecule has 0 saturated carbocycles. The normalized spacial score (nSPS) is 12.1. The van der Waals surface area contributed by atoms with Crippen molar-refractivity contribution in [2.45, 2.75) is 23.9 Å². The summed E-state index contributed by atoms with van der Waals surface area (Å²) in [5, 5.41) is 3.26. The van der Waals surface area contributed by atoms with Crippen molar-refractivity contribution in [1.29, 1.82) is 0 Å². The topological polar surface area (TPSA) is 15.3 Å². The number of hydrogen-bond acceptors (Lipinski definition) is 3. The second-order valence-electron chi connectivity index (χ2n) is 4.26. The van der Waals surface area contributed by atoms with Gasteiger partial charge in [0, 0.05) is 24.5 Å². The van der Waals surface area contributed by atoms with Crippen molar-refractivity contribution in [2.75, 3.05) is 26.7 Å². The van der Waals surface area contributed by atoms with Gasteiger partial charge in [0.1, 0.15) is 0 Å². The molecule has 0 heterocycles. The molecule has 6 heteroatoms. The summed E-state index contributed by atoms with van der Waals surface area (Å²) in [7, 11) is 2.05. The Morgan fingerprint density at radius 2 is 1.84 bits per heavy atom. The summed E-state index contributed by atoms with van der Waals surface area (Å²) in [5.74, 6) is 0. The van der Waals surface area contributed by atoms with Crippen molar-refractivity contribution in [3.05, 3.63) is 29.8 Å². The summed E-state index contributed by atoms with van der Waals surface area (Å²) in [4.78, 5) is 2.41. The van der Waals surface area contributed by atoms with Gasteiger partial charge in [0.2, 0.25) is 0 Å². The molecule has 0 aliphatic carbocycles. The number of benzene rings is 1. The fourth-order valence-corrected chi connectivity index (χ4v) is 2.01. The Bertz CT molecular complexity index is 365. The Labute approximate surface area is 116 Å². The Hall–Kier alpha value is -0.720. The first-order valence-corrected chi connectivity index (χ1v) is 6.96. The van der Waals surface area contributed by atoms with Crippen molar-refractivity contribution >= 4 is 11.8 Å². The van der Waals surface area contributed by atoms with E-state index in [4.69, 9.17) is 0 Å². The number of likely N-dealkylation sites (N-methyl/N-ethyl adjacent to an activating group) is 1. The van der Waals surface area contributed by atoms with Gasteiger partial charge in [-0.05, 0) is 43.1 Å². The molecule has 0 fully saturated rings. The Morgan fingerprint density at radius 1 is 1.21 bits per heavy atom. The highest BCUT2D eigenvalue weighted by Gasteiger charge is 2.28. The summed E-state index contributed by atoms with van der Waals surface area (Å²) < 4.78 is 36.4. The highest BCUT2D eigenvalue weighted by Crippen LogP contribution is 2.36. The van der Waals surface area contributed by atoms with Crippen molar-refractivity contribution in [2.24, 2.45) is 0 Å². The molecule has 0 unspecified atom stereocenters. The van der Waals surface area contributed by atoms with Crippen LogP contribution < -0.4 is 5.32 Å². The molecule has 0 aliphatic heterocycles. The van der Waals surface area contributed by atoms with Gasteiger partial charge in [-0.3, -0.25) is 0 Å². The first kappa shape index (κ1) is 16.3. The summed E-state index contributed by atoms with van der Waals surface area (Å²) in [6.07, 6.45) is 0. The lowest BCUT2D eigenvalue weighted by molar-refractivity contribution is -0.0328. The predicted octanol–water partition coefficient (Wildman–Crippen LogP) is 3.34. The van der Waals surface area contributed by atoms with Gasteiger partial charge in [-0.25, -0.2) is 0 Å². The van der Waals surface area contributed by atoms with Crippen LogP contribution in [-0.4, -0.2) is 37.1 Å². The molecule has 0 radical (unpaired) electrons. The Balaban J connectivity index is 2.32. The smallest absolute Gasteiger partial charge is 0.311 e. The molecule has 1 rings (SSSR count). The van der Waals surface area contributed by atoms with E-state index in [-0.39, 0.29) is 16.7 Å². The summed E-state index contributed by atoms with van der Waals surface area (Å²) in [6.45, 7) is 5.60. The third-order valence-corrected chi connectivity index (χ3v) is 3.44. The Kier molecular flexibility index (Phi) is 6.68. The lowest BCUT2D eigenvalue weighted by atomic mass is 10.2. The fraction of sp³-hybridized carbons (Fsp3) is 0.538. The van der Waals surface area contributed by atoms with E-state index in [0.717, 1.165) is 25.2 Å². The van der Waals surface area contributed by atoms with E-state index in [1.807, 2.05) is 7.05 Å². The minimum atomic E-state index is -4.22. The molecular formula is C13H19F3N2S. The van der Waals surface area contributed by atoms with Crippen LogP contribution in [0.15, 0.2) is 29.2 Å². The maximum Gasteiger partial charge on any atom is 0.446 e. The average Bonchev–Trinajstić information content (AvgIpc) is 2.34. The zero-order valence-electron chi connectivity index (χ0n) is 11.1. The molecule has 0 atom stereocenters. The highest BCUT2D eigenvalue weighted by atomic mass is 32.2. The van der Waals surface area contributed by atoms with E-state index in [9.17, 15) is 13.2 Å². The van der Waals surface area contributed by atoms with Gasteiger partial charge in [-0.2, -0.15) is 13.2 Å². The van der Waals surface area contributed by atoms with Crippen LogP contribution in [0.3, 0.4) is 0 Å². The fourth-order valence-electron chi connectivity index (χ4n) is 1.47. The minimum Gasteiger partial charge on any atom is -0.311 e. The number of halogens is 3. The summed E-state index contributed by atoms with van der Waals surface area (Å²) >= 11 is -0.0824. The molecular weight excluding hydrogens is 273 g/mol. The van der Waals surface area contributed by atoms with Crippen LogP contribution in [0.1, 0.15) is 12.5 Å². The van der Waals surface area contributed by atoms with E-state index >= 15 is 0 Å². The molecule has 0 bridgehead atoms. The third-order valence-electron chi connectivity index (χ3n) is 2.70. The van der Waals surface area contributed by atoms with Crippen molar-refractivity contribution in [3.8, 4) is 0 Å². The number of nitrogens with zero attached hydrogens (tertiary/aromatic N) is 1. The number of hydrogen-bond donors (Lipinski definition) is 1. The number of nitrogens with one attached hydrogen (secondary N) is 1. The van der Waals surface area contributed by atoms with Crippen LogP contribution in [0.2, 0.25) is 0 Å². The van der Waals surface area contributed by atoms with E-state index in [0.29, 0.717) is 6.54 Å². The van der Waals surface area contributed by atoms with Gasteiger partial charge in [-0.15, -0.1) is 0 Å². The molecule has 19 heavy (non-hydrogen) atoms. The number of thioether (sulfide) groups is 1. The molecule has 108 valence electrons. The highest BCUT2D eigenvalue weighted by molar-refractivity contribution is 8.00. The lowest BCUT2D eigenvalue weighted by Gasteiger charge is -2.14. The minimum absolute atomic E-state index is 0.0824. The molecule has 0 aromatic heterocycles. The molecule has 0 saturated heterocycles. The SMILES string of the molecule is CCN(C)CCNCc1ccc(SC(F)(F)F)cc1. The number of rotatable bonds is 7. The molecule has 2 nitrogen and oxygen atoms in total. The molecule has 0 spiro atoms. The van der Waals surface area contributed by atoms with Crippen LogP contribution in [-0.2, 0) is 6.54 Å². The first-order valence-electron chi connectivity index (χ1n) is 6.14. The van der Waals surface area contributed by atoms with E-state index in [2.05, 4.69) is 17.1 Å². The van der Waals surface area contributed by atoms with Crippen molar-refractivity contribution in [1.82, 2.24) is 10.2 Å². The monoisotopic (exact) mass is 292 g/mol. The quantitative estimate of drug-likeness (QED) is 0.613. The zero-order valence-corrected chi connectivity index (χ0v) is 11.9. The van der Waals surface area contributed by atoms with Crippen LogP contribution in [0.4, 0.5) is 13.2 Å². The van der Waals surface area contributed by atoms with Crippen molar-refractivity contribution in [3.63, 3.8) is 0 Å². The molecule has 0 amide bonds. The van der Waals surface area contributed by atoms with Gasteiger partial charge in [0.25, 0.3) is 0 Å². The van der Waals surface area contributed by atoms with Crippen LogP contribution in [0.5, 0.6) is 0 Å². The predicted molar refractivity (Wildman–Crippen MR) is 73.2 cm³/mol. The first-order chi connectivity index (χ1) is 8.90. The average molecular weight is 292 g/mol. The largest absolute Gasteiger partial charge is 0.446 e. The van der Waals surface area contributed by atoms with Gasteiger partial charge in [0.15, 0.2) is 0 Å². The molecule has 1 aromatic rings. The zero-order chi connectivity index (χ0) is 14.3. The molecule has 1 aromatic carbocycles. The standard InChI is InChI=1S/C13H19F3N2S/c1-3-18(2)9-8-17-10-11-4-6-12(7-5-11)19-13(14,15)16/h4-7,17H,3,8-10H2,1-2H3. The van der Waals surface area contributed by atoms with Crippen LogP contribution in [0.25, 0.3) is 0 Å². The van der Waals surface area contributed by atoms with Gasteiger partial charge in [0.05, 0.1) is 0 Å². The second kappa shape index (κ2) is 7.77. The molecule has 0 aliphatic rings.